The van der Waals surface area contributed by atoms with Crippen molar-refractivity contribution < 1.29 is 19.0 Å². The second-order valence-corrected chi connectivity index (χ2v) is 10.5. The van der Waals surface area contributed by atoms with Gasteiger partial charge < -0.3 is 14.7 Å². The lowest BCUT2D eigenvalue weighted by Gasteiger charge is -2.36. The Balaban J connectivity index is 1.32. The molecule has 0 radical (unpaired) electrons. The van der Waals surface area contributed by atoms with Crippen molar-refractivity contribution in [2.45, 2.75) is 30.3 Å². The van der Waals surface area contributed by atoms with Crippen LogP contribution in [0.5, 0.6) is 5.75 Å². The number of piperidine rings is 1. The first-order chi connectivity index (χ1) is 16.9. The van der Waals surface area contributed by atoms with Gasteiger partial charge in [0.25, 0.3) is 0 Å². The normalized spacial score (nSPS) is 19.5. The van der Waals surface area contributed by atoms with E-state index in [4.69, 9.17) is 16.3 Å². The largest absolute Gasteiger partial charge is 0.497 e. The summed E-state index contributed by atoms with van der Waals surface area (Å²) in [6, 6.07) is 14.9. The van der Waals surface area contributed by atoms with Gasteiger partial charge in [0.2, 0.25) is 0 Å². The highest BCUT2D eigenvalue weighted by molar-refractivity contribution is 7.99. The number of benzene rings is 2. The Kier molecular flexibility index (Phi) is 8.87. The standard InChI is InChI=1S/C27H30ClFN2O3S/c1-34-20-5-9-26-23(16-20)22(10-12-30-26)25(29)8-2-18-11-13-31(17-24(18)27(32)33)14-15-35-21-6-3-19(28)4-7-21/h3-7,9-10,12,16,18,24-25H,2,8,11,13-15,17H2,1H3,(H,32,33)/t18-,24+,25+/m1/s1. The summed E-state index contributed by atoms with van der Waals surface area (Å²) in [6.45, 7) is 2.16. The molecule has 1 saturated heterocycles. The average Bonchev–Trinajstić information content (AvgIpc) is 2.88. The molecule has 1 aliphatic heterocycles. The Morgan fingerprint density at radius 1 is 1.29 bits per heavy atom. The van der Waals surface area contributed by atoms with Crippen LogP contribution < -0.4 is 4.74 Å². The minimum Gasteiger partial charge on any atom is -0.497 e. The van der Waals surface area contributed by atoms with Gasteiger partial charge >= 0.3 is 5.97 Å². The van der Waals surface area contributed by atoms with Crippen LogP contribution in [-0.2, 0) is 4.79 Å². The van der Waals surface area contributed by atoms with Gasteiger partial charge in [-0.3, -0.25) is 9.78 Å². The molecule has 1 fully saturated rings. The summed E-state index contributed by atoms with van der Waals surface area (Å²) in [4.78, 5) is 19.7. The maximum absolute atomic E-state index is 15.4. The molecule has 4 rings (SSSR count). The van der Waals surface area contributed by atoms with Gasteiger partial charge in [-0.05, 0) is 85.8 Å². The van der Waals surface area contributed by atoms with E-state index < -0.39 is 18.1 Å². The number of likely N-dealkylation sites (tertiary alicyclic amines) is 1. The highest BCUT2D eigenvalue weighted by atomic mass is 35.5. The Bertz CT molecular complexity index is 1150. The Morgan fingerprint density at radius 2 is 2.09 bits per heavy atom. The molecule has 1 aliphatic rings. The van der Waals surface area contributed by atoms with E-state index in [0.29, 0.717) is 29.3 Å². The maximum Gasteiger partial charge on any atom is 0.308 e. The van der Waals surface area contributed by atoms with E-state index in [0.717, 1.165) is 41.1 Å². The smallest absolute Gasteiger partial charge is 0.308 e. The molecule has 3 atom stereocenters. The number of alkyl halides is 1. The lowest BCUT2D eigenvalue weighted by Crippen LogP contribution is -2.44. The van der Waals surface area contributed by atoms with Crippen LogP contribution in [0.2, 0.25) is 5.02 Å². The molecule has 0 saturated carbocycles. The van der Waals surface area contributed by atoms with Crippen molar-refractivity contribution in [1.29, 1.82) is 0 Å². The van der Waals surface area contributed by atoms with Gasteiger partial charge in [0.1, 0.15) is 11.9 Å². The van der Waals surface area contributed by atoms with Gasteiger partial charge in [-0.1, -0.05) is 11.6 Å². The predicted octanol–water partition coefficient (Wildman–Crippen LogP) is 6.50. The topological polar surface area (TPSA) is 62.7 Å². The van der Waals surface area contributed by atoms with Crippen molar-refractivity contribution in [2.75, 3.05) is 32.5 Å². The van der Waals surface area contributed by atoms with Gasteiger partial charge in [0.05, 0.1) is 18.5 Å². The molecule has 1 aromatic heterocycles. The number of ether oxygens (including phenoxy) is 1. The second-order valence-electron chi connectivity index (χ2n) is 8.92. The lowest BCUT2D eigenvalue weighted by molar-refractivity contribution is -0.146. The predicted molar refractivity (Wildman–Crippen MR) is 139 cm³/mol. The molecule has 1 N–H and O–H groups in total. The fourth-order valence-electron chi connectivity index (χ4n) is 4.78. The number of aromatic nitrogens is 1. The molecule has 2 aromatic carbocycles. The van der Waals surface area contributed by atoms with Crippen molar-refractivity contribution in [2.24, 2.45) is 11.8 Å². The number of hydrogen-bond acceptors (Lipinski definition) is 5. The van der Waals surface area contributed by atoms with E-state index in [1.165, 1.54) is 0 Å². The third kappa shape index (κ3) is 6.66. The molecule has 0 spiro atoms. The van der Waals surface area contributed by atoms with Gasteiger partial charge in [0.15, 0.2) is 0 Å². The van der Waals surface area contributed by atoms with E-state index in [1.54, 1.807) is 31.1 Å². The molecule has 5 nitrogen and oxygen atoms in total. The second kappa shape index (κ2) is 12.1. The number of carboxylic acids is 1. The van der Waals surface area contributed by atoms with Crippen molar-refractivity contribution in [3.05, 3.63) is 65.3 Å². The van der Waals surface area contributed by atoms with Gasteiger partial charge in [0, 0.05) is 40.3 Å². The number of fused-ring (bicyclic) bond motifs is 1. The minimum absolute atomic E-state index is 0.0337. The summed E-state index contributed by atoms with van der Waals surface area (Å²) < 4.78 is 20.7. The van der Waals surface area contributed by atoms with Crippen LogP contribution in [-0.4, -0.2) is 53.5 Å². The molecule has 35 heavy (non-hydrogen) atoms. The summed E-state index contributed by atoms with van der Waals surface area (Å²) >= 11 is 7.68. The zero-order chi connectivity index (χ0) is 24.8. The number of carbonyl (C=O) groups is 1. The minimum atomic E-state index is -1.18. The van der Waals surface area contributed by atoms with Crippen LogP contribution in [0, 0.1) is 11.8 Å². The Morgan fingerprint density at radius 3 is 2.83 bits per heavy atom. The highest BCUT2D eigenvalue weighted by Gasteiger charge is 2.34. The van der Waals surface area contributed by atoms with E-state index in [9.17, 15) is 9.90 Å². The molecule has 2 heterocycles. The third-order valence-corrected chi connectivity index (χ3v) is 8.00. The molecule has 186 valence electrons. The molecular weight excluding hydrogens is 487 g/mol. The molecule has 0 amide bonds. The van der Waals surface area contributed by atoms with Crippen LogP contribution in [0.25, 0.3) is 10.9 Å². The van der Waals surface area contributed by atoms with Crippen LogP contribution in [0.4, 0.5) is 4.39 Å². The van der Waals surface area contributed by atoms with E-state index in [-0.39, 0.29) is 12.3 Å². The highest BCUT2D eigenvalue weighted by Crippen LogP contribution is 2.35. The number of thioether (sulfide) groups is 1. The molecule has 0 aliphatic carbocycles. The van der Waals surface area contributed by atoms with Gasteiger partial charge in [-0.2, -0.15) is 0 Å². The summed E-state index contributed by atoms with van der Waals surface area (Å²) in [7, 11) is 1.58. The number of carboxylic acid groups (broad SMARTS) is 1. The Hall–Kier alpha value is -2.35. The molecule has 0 bridgehead atoms. The number of rotatable bonds is 10. The average molecular weight is 517 g/mol. The number of halogens is 2. The Labute approximate surface area is 214 Å². The molecule has 8 heteroatoms. The first kappa shape index (κ1) is 25.7. The van der Waals surface area contributed by atoms with Crippen LogP contribution in [0.15, 0.2) is 59.6 Å². The van der Waals surface area contributed by atoms with Crippen LogP contribution >= 0.6 is 23.4 Å². The zero-order valence-corrected chi connectivity index (χ0v) is 21.3. The van der Waals surface area contributed by atoms with Gasteiger partial charge in [-0.15, -0.1) is 11.8 Å². The van der Waals surface area contributed by atoms with E-state index in [1.807, 2.05) is 42.5 Å². The first-order valence-corrected chi connectivity index (χ1v) is 13.2. The number of methoxy groups -OCH3 is 1. The quantitative estimate of drug-likeness (QED) is 0.310. The number of pyridine rings is 1. The van der Waals surface area contributed by atoms with Crippen molar-refractivity contribution in [3.63, 3.8) is 0 Å². The summed E-state index contributed by atoms with van der Waals surface area (Å²) in [5.41, 5.74) is 1.30. The van der Waals surface area contributed by atoms with E-state index >= 15 is 4.39 Å². The zero-order valence-electron chi connectivity index (χ0n) is 19.7. The maximum atomic E-state index is 15.4. The van der Waals surface area contributed by atoms with Crippen molar-refractivity contribution in [3.8, 4) is 5.75 Å². The summed E-state index contributed by atoms with van der Waals surface area (Å²) in [5, 5.41) is 11.3. The molecule has 3 aromatic rings. The van der Waals surface area contributed by atoms with Crippen LogP contribution in [0.3, 0.4) is 0 Å². The number of hydrogen-bond donors (Lipinski definition) is 1. The molecular formula is C27H30ClFN2O3S. The van der Waals surface area contributed by atoms with Crippen molar-refractivity contribution in [1.82, 2.24) is 9.88 Å². The summed E-state index contributed by atoms with van der Waals surface area (Å²) in [6.07, 6.45) is 2.03. The SMILES string of the molecule is COc1ccc2nccc([C@@H](F)CC[C@@H]3CCN(CCSc4ccc(Cl)cc4)C[C@@H]3C(=O)O)c2c1. The number of aliphatic carboxylic acids is 1. The third-order valence-electron chi connectivity index (χ3n) is 6.76. The lowest BCUT2D eigenvalue weighted by atomic mass is 9.81. The van der Waals surface area contributed by atoms with E-state index in [2.05, 4.69) is 9.88 Å². The van der Waals surface area contributed by atoms with Crippen molar-refractivity contribution >= 4 is 40.2 Å². The monoisotopic (exact) mass is 516 g/mol. The molecule has 0 unspecified atom stereocenters. The first-order valence-electron chi connectivity index (χ1n) is 11.8. The van der Waals surface area contributed by atoms with Crippen LogP contribution in [0.1, 0.15) is 31.0 Å². The number of nitrogens with zero attached hydrogens (tertiary/aromatic N) is 2. The fraction of sp³-hybridized carbons (Fsp3) is 0.407. The van der Waals surface area contributed by atoms with Gasteiger partial charge in [-0.25, -0.2) is 4.39 Å². The summed E-state index contributed by atoms with van der Waals surface area (Å²) in [5.74, 6) is 0.231. The fourth-order valence-corrected chi connectivity index (χ4v) is 5.82.